The van der Waals surface area contributed by atoms with E-state index in [9.17, 15) is 4.79 Å². The highest BCUT2D eigenvalue weighted by molar-refractivity contribution is 5.96. The van der Waals surface area contributed by atoms with Gasteiger partial charge in [0, 0.05) is 30.4 Å². The topological polar surface area (TPSA) is 83.8 Å². The molecule has 1 amide bonds. The van der Waals surface area contributed by atoms with Crippen molar-refractivity contribution in [3.05, 3.63) is 53.1 Å². The van der Waals surface area contributed by atoms with E-state index in [0.717, 1.165) is 11.3 Å². The average Bonchev–Trinajstić information content (AvgIpc) is 2.99. The maximum atomic E-state index is 12.3. The van der Waals surface area contributed by atoms with E-state index in [1.807, 2.05) is 25.1 Å². The number of imidazole rings is 1. The van der Waals surface area contributed by atoms with Gasteiger partial charge in [0.1, 0.15) is 0 Å². The maximum absolute atomic E-state index is 12.3. The average molecular weight is 282 g/mol. The van der Waals surface area contributed by atoms with E-state index in [-0.39, 0.29) is 12.5 Å². The second-order valence-electron chi connectivity index (χ2n) is 4.64. The fourth-order valence-electron chi connectivity index (χ4n) is 1.93. The summed E-state index contributed by atoms with van der Waals surface area (Å²) >= 11 is 0. The molecular weight excluding hydrogens is 264 g/mol. The first kappa shape index (κ1) is 14.8. The quantitative estimate of drug-likeness (QED) is 0.732. The monoisotopic (exact) mass is 282 g/mol. The molecule has 0 spiro atoms. The molecule has 0 atom stereocenters. The number of aromatic amines is 1. The summed E-state index contributed by atoms with van der Waals surface area (Å²) in [5.41, 5.74) is 8.68. The van der Waals surface area contributed by atoms with Crippen LogP contribution in [0.2, 0.25) is 0 Å². The standard InChI is InChI=1S/C16H18N4O/c1-12-4-5-13(3-2-7-17)15(9-12)16(21)19-8-6-14-10-18-11-20-14/h4-5,9-11H,6-8,17H2,1H3,(H,18,20)(H,19,21). The molecule has 0 radical (unpaired) electrons. The van der Waals surface area contributed by atoms with Crippen molar-refractivity contribution in [2.75, 3.05) is 13.1 Å². The molecule has 1 heterocycles. The Morgan fingerprint density at radius 3 is 3.05 bits per heavy atom. The lowest BCUT2D eigenvalue weighted by molar-refractivity contribution is 0.0954. The molecule has 21 heavy (non-hydrogen) atoms. The molecule has 0 aliphatic carbocycles. The zero-order valence-corrected chi connectivity index (χ0v) is 11.9. The Bertz CT molecular complexity index is 665. The SMILES string of the molecule is Cc1ccc(C#CCN)c(C(=O)NCCc2cnc[nH]2)c1. The summed E-state index contributed by atoms with van der Waals surface area (Å²) < 4.78 is 0. The number of aryl methyl sites for hydroxylation is 1. The Morgan fingerprint density at radius 1 is 1.48 bits per heavy atom. The first-order valence-electron chi connectivity index (χ1n) is 6.75. The van der Waals surface area contributed by atoms with Gasteiger partial charge in [0.05, 0.1) is 18.4 Å². The Balaban J connectivity index is 2.05. The highest BCUT2D eigenvalue weighted by atomic mass is 16.1. The van der Waals surface area contributed by atoms with Crippen LogP contribution in [0.5, 0.6) is 0 Å². The lowest BCUT2D eigenvalue weighted by atomic mass is 10.0. The predicted molar refractivity (Wildman–Crippen MR) is 81.7 cm³/mol. The number of carbonyl (C=O) groups is 1. The number of hydrogen-bond donors (Lipinski definition) is 3. The van der Waals surface area contributed by atoms with Crippen LogP contribution < -0.4 is 11.1 Å². The number of nitrogens with two attached hydrogens (primary N) is 1. The molecular formula is C16H18N4O. The highest BCUT2D eigenvalue weighted by Crippen LogP contribution is 2.11. The van der Waals surface area contributed by atoms with Crippen molar-refractivity contribution in [3.8, 4) is 11.8 Å². The number of amides is 1. The summed E-state index contributed by atoms with van der Waals surface area (Å²) in [6.07, 6.45) is 4.08. The maximum Gasteiger partial charge on any atom is 0.252 e. The van der Waals surface area contributed by atoms with Crippen LogP contribution in [-0.2, 0) is 6.42 Å². The highest BCUT2D eigenvalue weighted by Gasteiger charge is 2.10. The molecule has 4 N–H and O–H groups in total. The molecule has 0 saturated heterocycles. The van der Waals surface area contributed by atoms with Gasteiger partial charge in [0.2, 0.25) is 0 Å². The predicted octanol–water partition coefficient (Wildman–Crippen LogP) is 1.00. The molecule has 0 saturated carbocycles. The van der Waals surface area contributed by atoms with E-state index < -0.39 is 0 Å². The molecule has 0 unspecified atom stereocenters. The van der Waals surface area contributed by atoms with Crippen molar-refractivity contribution >= 4 is 5.91 Å². The van der Waals surface area contributed by atoms with Crippen molar-refractivity contribution in [2.45, 2.75) is 13.3 Å². The van der Waals surface area contributed by atoms with Crippen LogP contribution in [0.3, 0.4) is 0 Å². The van der Waals surface area contributed by atoms with Crippen LogP contribution >= 0.6 is 0 Å². The number of carbonyl (C=O) groups excluding carboxylic acids is 1. The largest absolute Gasteiger partial charge is 0.352 e. The van der Waals surface area contributed by atoms with Crippen molar-refractivity contribution < 1.29 is 4.79 Å². The molecule has 0 aliphatic rings. The fraction of sp³-hybridized carbons (Fsp3) is 0.250. The summed E-state index contributed by atoms with van der Waals surface area (Å²) in [5, 5.41) is 2.90. The summed E-state index contributed by atoms with van der Waals surface area (Å²) in [5.74, 6) is 5.59. The number of H-pyrrole nitrogens is 1. The van der Waals surface area contributed by atoms with Gasteiger partial charge in [0.15, 0.2) is 0 Å². The third-order valence-corrected chi connectivity index (χ3v) is 2.98. The van der Waals surface area contributed by atoms with Crippen molar-refractivity contribution in [1.82, 2.24) is 15.3 Å². The molecule has 2 rings (SSSR count). The van der Waals surface area contributed by atoms with Crippen LogP contribution in [0.1, 0.15) is 27.2 Å². The van der Waals surface area contributed by atoms with Gasteiger partial charge in [-0.15, -0.1) is 0 Å². The molecule has 1 aromatic carbocycles. The minimum atomic E-state index is -0.125. The van der Waals surface area contributed by atoms with Gasteiger partial charge in [-0.3, -0.25) is 4.79 Å². The van der Waals surface area contributed by atoms with E-state index in [2.05, 4.69) is 27.1 Å². The van der Waals surface area contributed by atoms with Crippen LogP contribution in [0.25, 0.3) is 0 Å². The molecule has 108 valence electrons. The van der Waals surface area contributed by atoms with E-state index in [4.69, 9.17) is 5.73 Å². The van der Waals surface area contributed by atoms with E-state index in [1.165, 1.54) is 0 Å². The van der Waals surface area contributed by atoms with Gasteiger partial charge in [-0.25, -0.2) is 4.98 Å². The molecule has 0 aliphatic heterocycles. The molecule has 0 bridgehead atoms. The number of rotatable bonds is 4. The van der Waals surface area contributed by atoms with Crippen LogP contribution in [-0.4, -0.2) is 29.0 Å². The fourth-order valence-corrected chi connectivity index (χ4v) is 1.93. The van der Waals surface area contributed by atoms with E-state index in [0.29, 0.717) is 24.1 Å². The third-order valence-electron chi connectivity index (χ3n) is 2.98. The summed E-state index contributed by atoms with van der Waals surface area (Å²) in [7, 11) is 0. The number of benzene rings is 1. The molecule has 0 fully saturated rings. The number of hydrogen-bond acceptors (Lipinski definition) is 3. The second kappa shape index (κ2) is 7.27. The van der Waals surface area contributed by atoms with E-state index in [1.54, 1.807) is 12.5 Å². The Kier molecular flexibility index (Phi) is 5.13. The van der Waals surface area contributed by atoms with Crippen LogP contribution in [0, 0.1) is 18.8 Å². The Labute approximate surface area is 124 Å². The van der Waals surface area contributed by atoms with Gasteiger partial charge in [-0.2, -0.15) is 0 Å². The zero-order valence-electron chi connectivity index (χ0n) is 11.9. The van der Waals surface area contributed by atoms with Gasteiger partial charge >= 0.3 is 0 Å². The number of aromatic nitrogens is 2. The normalized spacial score (nSPS) is 9.81. The van der Waals surface area contributed by atoms with Crippen LogP contribution in [0.15, 0.2) is 30.7 Å². The Hall–Kier alpha value is -2.58. The van der Waals surface area contributed by atoms with Crippen molar-refractivity contribution in [1.29, 1.82) is 0 Å². The summed E-state index contributed by atoms with van der Waals surface area (Å²) in [6, 6.07) is 5.62. The summed E-state index contributed by atoms with van der Waals surface area (Å²) in [6.45, 7) is 2.76. The molecule has 1 aromatic heterocycles. The lowest BCUT2D eigenvalue weighted by Gasteiger charge is -2.07. The van der Waals surface area contributed by atoms with Gasteiger partial charge < -0.3 is 16.0 Å². The van der Waals surface area contributed by atoms with Crippen molar-refractivity contribution in [2.24, 2.45) is 5.73 Å². The minimum Gasteiger partial charge on any atom is -0.352 e. The van der Waals surface area contributed by atoms with Gasteiger partial charge in [0.25, 0.3) is 5.91 Å². The van der Waals surface area contributed by atoms with Gasteiger partial charge in [-0.05, 0) is 19.1 Å². The second-order valence-corrected chi connectivity index (χ2v) is 4.64. The first-order valence-corrected chi connectivity index (χ1v) is 6.75. The minimum absolute atomic E-state index is 0.125. The number of nitrogens with zero attached hydrogens (tertiary/aromatic N) is 1. The van der Waals surface area contributed by atoms with E-state index >= 15 is 0 Å². The lowest BCUT2D eigenvalue weighted by Crippen LogP contribution is -2.26. The molecule has 5 nitrogen and oxygen atoms in total. The summed E-state index contributed by atoms with van der Waals surface area (Å²) in [4.78, 5) is 19.2. The van der Waals surface area contributed by atoms with Gasteiger partial charge in [-0.1, -0.05) is 23.5 Å². The number of nitrogens with one attached hydrogen (secondary N) is 2. The molecule has 2 aromatic rings. The van der Waals surface area contributed by atoms with Crippen LogP contribution in [0.4, 0.5) is 0 Å². The third kappa shape index (κ3) is 4.20. The van der Waals surface area contributed by atoms with Crippen molar-refractivity contribution in [3.63, 3.8) is 0 Å². The molecule has 5 heteroatoms. The zero-order chi connectivity index (χ0) is 15.1. The smallest absolute Gasteiger partial charge is 0.252 e. The first-order chi connectivity index (χ1) is 10.2. The Morgan fingerprint density at radius 2 is 2.33 bits per heavy atom.